The van der Waals surface area contributed by atoms with Gasteiger partial charge in [0.1, 0.15) is 0 Å². The quantitative estimate of drug-likeness (QED) is 0.928. The predicted molar refractivity (Wildman–Crippen MR) is 101 cm³/mol. The van der Waals surface area contributed by atoms with Gasteiger partial charge in [-0.3, -0.25) is 14.5 Å². The number of H-pyrrole nitrogens is 1. The summed E-state index contributed by atoms with van der Waals surface area (Å²) in [6.45, 7) is 9.83. The molecule has 25 heavy (non-hydrogen) atoms. The van der Waals surface area contributed by atoms with Crippen LogP contribution in [0.3, 0.4) is 0 Å². The third kappa shape index (κ3) is 4.10. The van der Waals surface area contributed by atoms with Crippen LogP contribution in [0.15, 0.2) is 29.1 Å². The van der Waals surface area contributed by atoms with Gasteiger partial charge in [0.25, 0.3) is 5.56 Å². The Labute approximate surface area is 148 Å². The van der Waals surface area contributed by atoms with Crippen molar-refractivity contribution in [3.63, 3.8) is 0 Å². The van der Waals surface area contributed by atoms with E-state index < -0.39 is 0 Å². The molecular weight excluding hydrogens is 314 g/mol. The molecule has 2 aromatic rings. The van der Waals surface area contributed by atoms with E-state index in [-0.39, 0.29) is 11.5 Å². The number of nitrogens with one attached hydrogen (secondary N) is 1. The third-order valence-electron chi connectivity index (χ3n) is 5.08. The van der Waals surface area contributed by atoms with Crippen molar-refractivity contribution in [3.05, 3.63) is 45.7 Å². The number of rotatable bonds is 4. The topological polar surface area (TPSA) is 56.4 Å². The molecule has 0 aliphatic carbocycles. The maximum absolute atomic E-state index is 12.5. The second kappa shape index (κ2) is 7.40. The molecule has 1 saturated heterocycles. The average molecular weight is 341 g/mol. The zero-order valence-corrected chi connectivity index (χ0v) is 15.3. The van der Waals surface area contributed by atoms with Crippen LogP contribution >= 0.6 is 0 Å². The zero-order chi connectivity index (χ0) is 18.0. The van der Waals surface area contributed by atoms with Gasteiger partial charge in [0.05, 0.1) is 0 Å². The number of hydrogen-bond donors (Lipinski definition) is 1. The van der Waals surface area contributed by atoms with E-state index in [1.807, 2.05) is 30.0 Å². The van der Waals surface area contributed by atoms with E-state index in [1.54, 1.807) is 0 Å². The van der Waals surface area contributed by atoms with Gasteiger partial charge in [-0.15, -0.1) is 0 Å². The second-order valence-corrected chi connectivity index (χ2v) is 7.22. The normalized spacial score (nSPS) is 15.9. The highest BCUT2D eigenvalue weighted by molar-refractivity contribution is 5.80. The smallest absolute Gasteiger partial charge is 0.251 e. The van der Waals surface area contributed by atoms with E-state index in [2.05, 4.69) is 29.8 Å². The molecule has 0 radical (unpaired) electrons. The van der Waals surface area contributed by atoms with E-state index in [0.717, 1.165) is 42.6 Å². The molecule has 1 N–H and O–H groups in total. The molecule has 1 aliphatic rings. The summed E-state index contributed by atoms with van der Waals surface area (Å²) in [4.78, 5) is 31.9. The van der Waals surface area contributed by atoms with Crippen LogP contribution in [0.25, 0.3) is 10.9 Å². The number of hydrogen-bond acceptors (Lipinski definition) is 3. The Morgan fingerprint density at radius 2 is 1.88 bits per heavy atom. The molecule has 1 aromatic carbocycles. The predicted octanol–water partition coefficient (Wildman–Crippen LogP) is 2.32. The van der Waals surface area contributed by atoms with Gasteiger partial charge >= 0.3 is 0 Å². The summed E-state index contributed by atoms with van der Waals surface area (Å²) in [6.07, 6.45) is 0.879. The van der Waals surface area contributed by atoms with Crippen LogP contribution in [0.4, 0.5) is 0 Å². The van der Waals surface area contributed by atoms with Gasteiger partial charge in [-0.25, -0.2) is 0 Å². The van der Waals surface area contributed by atoms with Gasteiger partial charge in [-0.1, -0.05) is 11.6 Å². The van der Waals surface area contributed by atoms with Crippen molar-refractivity contribution in [1.29, 1.82) is 0 Å². The average Bonchev–Trinajstić information content (AvgIpc) is 2.60. The van der Waals surface area contributed by atoms with Gasteiger partial charge in [0, 0.05) is 49.7 Å². The summed E-state index contributed by atoms with van der Waals surface area (Å²) >= 11 is 0. The van der Waals surface area contributed by atoms with Crippen molar-refractivity contribution >= 4 is 16.8 Å². The highest BCUT2D eigenvalue weighted by Gasteiger charge is 2.22. The summed E-state index contributed by atoms with van der Waals surface area (Å²) in [6, 6.07) is 8.41. The molecule has 2 heterocycles. The first-order valence-corrected chi connectivity index (χ1v) is 9.08. The van der Waals surface area contributed by atoms with Crippen LogP contribution in [-0.4, -0.2) is 52.9 Å². The summed E-state index contributed by atoms with van der Waals surface area (Å²) in [5, 5.41) is 1.02. The first-order chi connectivity index (χ1) is 11.9. The fraction of sp³-hybridized carbons (Fsp3) is 0.500. The van der Waals surface area contributed by atoms with Gasteiger partial charge in [0.2, 0.25) is 5.91 Å². The van der Waals surface area contributed by atoms with Crippen molar-refractivity contribution in [3.8, 4) is 0 Å². The SMILES string of the molecule is Cc1ccc2[nH]c(=O)c(CCC(=O)N3CCN(C(C)C)CC3)cc2c1. The van der Waals surface area contributed by atoms with Crippen LogP contribution in [0.5, 0.6) is 0 Å². The molecule has 0 saturated carbocycles. The van der Waals surface area contributed by atoms with Gasteiger partial charge in [-0.2, -0.15) is 0 Å². The molecule has 1 fully saturated rings. The zero-order valence-electron chi connectivity index (χ0n) is 15.3. The van der Waals surface area contributed by atoms with Crippen molar-refractivity contribution in [2.45, 2.75) is 39.7 Å². The van der Waals surface area contributed by atoms with Crippen molar-refractivity contribution in [1.82, 2.24) is 14.8 Å². The van der Waals surface area contributed by atoms with Gasteiger partial charge in [0.15, 0.2) is 0 Å². The van der Waals surface area contributed by atoms with E-state index in [1.165, 1.54) is 0 Å². The summed E-state index contributed by atoms with van der Waals surface area (Å²) < 4.78 is 0. The number of amides is 1. The number of aromatic nitrogens is 1. The number of nitrogens with zero attached hydrogens (tertiary/aromatic N) is 2. The Kier molecular flexibility index (Phi) is 5.23. The number of carbonyl (C=O) groups excluding carboxylic acids is 1. The van der Waals surface area contributed by atoms with E-state index in [4.69, 9.17) is 0 Å². The first kappa shape index (κ1) is 17.7. The number of aryl methyl sites for hydroxylation is 2. The van der Waals surface area contributed by atoms with Crippen LogP contribution < -0.4 is 5.56 Å². The second-order valence-electron chi connectivity index (χ2n) is 7.22. The summed E-state index contributed by atoms with van der Waals surface area (Å²) in [5.41, 5.74) is 2.60. The minimum atomic E-state index is -0.0891. The minimum absolute atomic E-state index is 0.0891. The maximum atomic E-state index is 12.5. The van der Waals surface area contributed by atoms with Crippen LogP contribution in [0.1, 0.15) is 31.4 Å². The number of pyridine rings is 1. The molecule has 5 nitrogen and oxygen atoms in total. The Hall–Kier alpha value is -2.14. The molecule has 3 rings (SSSR count). The Morgan fingerprint density at radius 1 is 1.16 bits per heavy atom. The van der Waals surface area contributed by atoms with E-state index >= 15 is 0 Å². The molecule has 0 spiro atoms. The number of piperazine rings is 1. The molecular formula is C20H27N3O2. The number of benzene rings is 1. The van der Waals surface area contributed by atoms with E-state index in [0.29, 0.717) is 24.4 Å². The highest BCUT2D eigenvalue weighted by Crippen LogP contribution is 2.14. The van der Waals surface area contributed by atoms with Crippen molar-refractivity contribution in [2.75, 3.05) is 26.2 Å². The van der Waals surface area contributed by atoms with Gasteiger partial charge < -0.3 is 9.88 Å². The lowest BCUT2D eigenvalue weighted by Gasteiger charge is -2.37. The van der Waals surface area contributed by atoms with Crippen molar-refractivity contribution < 1.29 is 4.79 Å². The maximum Gasteiger partial charge on any atom is 0.251 e. The summed E-state index contributed by atoms with van der Waals surface area (Å²) in [5.74, 6) is 0.146. The van der Waals surface area contributed by atoms with Crippen LogP contribution in [0.2, 0.25) is 0 Å². The molecule has 1 aromatic heterocycles. The Balaban J connectivity index is 1.63. The van der Waals surface area contributed by atoms with Crippen molar-refractivity contribution in [2.24, 2.45) is 0 Å². The lowest BCUT2D eigenvalue weighted by molar-refractivity contribution is -0.133. The lowest BCUT2D eigenvalue weighted by atomic mass is 10.1. The Morgan fingerprint density at radius 3 is 2.56 bits per heavy atom. The molecule has 0 atom stereocenters. The fourth-order valence-electron chi connectivity index (χ4n) is 3.44. The monoisotopic (exact) mass is 341 g/mol. The van der Waals surface area contributed by atoms with Crippen LogP contribution in [-0.2, 0) is 11.2 Å². The molecule has 134 valence electrons. The standard InChI is InChI=1S/C20H27N3O2/c1-14(2)22-8-10-23(11-9-22)19(24)7-5-16-13-17-12-15(3)4-6-18(17)21-20(16)25/h4,6,12-14H,5,7-11H2,1-3H3,(H,21,25). The van der Waals surface area contributed by atoms with Crippen LogP contribution in [0, 0.1) is 6.92 Å². The molecule has 0 unspecified atom stereocenters. The Bertz CT molecular complexity index is 817. The number of carbonyl (C=O) groups is 1. The third-order valence-corrected chi connectivity index (χ3v) is 5.08. The number of fused-ring (bicyclic) bond motifs is 1. The minimum Gasteiger partial charge on any atom is -0.340 e. The molecule has 1 aliphatic heterocycles. The number of aromatic amines is 1. The van der Waals surface area contributed by atoms with Gasteiger partial charge in [-0.05, 0) is 50.8 Å². The highest BCUT2D eigenvalue weighted by atomic mass is 16.2. The molecule has 0 bridgehead atoms. The first-order valence-electron chi connectivity index (χ1n) is 9.08. The fourth-order valence-corrected chi connectivity index (χ4v) is 3.44. The molecule has 5 heteroatoms. The lowest BCUT2D eigenvalue weighted by Crippen LogP contribution is -2.50. The summed E-state index contributed by atoms with van der Waals surface area (Å²) in [7, 11) is 0. The molecule has 1 amide bonds. The van der Waals surface area contributed by atoms with E-state index in [9.17, 15) is 9.59 Å². The largest absolute Gasteiger partial charge is 0.340 e.